The predicted octanol–water partition coefficient (Wildman–Crippen LogP) is 2.10. The van der Waals surface area contributed by atoms with E-state index in [0.29, 0.717) is 6.04 Å². The summed E-state index contributed by atoms with van der Waals surface area (Å²) in [4.78, 5) is 22.1. The Kier molecular flexibility index (Phi) is 3.77. The molecule has 6 rings (SSSR count). The summed E-state index contributed by atoms with van der Waals surface area (Å²) in [5, 5.41) is 17.8. The fourth-order valence-corrected chi connectivity index (χ4v) is 5.58. The fourth-order valence-electron chi connectivity index (χ4n) is 5.58. The molecule has 27 heavy (non-hydrogen) atoms. The van der Waals surface area contributed by atoms with Crippen LogP contribution in [0.2, 0.25) is 0 Å². The number of carbonyl (C=O) groups is 1. The van der Waals surface area contributed by atoms with Crippen molar-refractivity contribution >= 4 is 11.9 Å². The standard InChI is InChI=1S/C20H31N5O2/c1-3-11-24-16-14(15-21-13(4-2)12-25(15)18(24)26)22-17(23-16)19-5-8-20(27,9-6-19)10-7-19/h13,16,21,27H,3-12H2,1-2H3,(H,22,23). The number of aliphatic imine (C=N–C) groups is 1. The smallest absolute Gasteiger partial charge is 0.327 e. The number of rotatable bonds is 4. The summed E-state index contributed by atoms with van der Waals surface area (Å²) < 4.78 is 0. The number of urea groups is 1. The number of nitrogens with zero attached hydrogens (tertiary/aromatic N) is 3. The number of hydrogen-bond donors (Lipinski definition) is 3. The van der Waals surface area contributed by atoms with E-state index in [9.17, 15) is 9.90 Å². The van der Waals surface area contributed by atoms with Crippen LogP contribution in [0.5, 0.6) is 0 Å². The van der Waals surface area contributed by atoms with Gasteiger partial charge in [0.1, 0.15) is 17.4 Å². The number of carbonyl (C=O) groups excluding carboxylic acids is 1. The van der Waals surface area contributed by atoms with E-state index in [1.807, 2.05) is 9.80 Å². The van der Waals surface area contributed by atoms with Crippen LogP contribution in [0.15, 0.2) is 16.5 Å². The molecule has 0 spiro atoms. The number of hydrogen-bond acceptors (Lipinski definition) is 5. The monoisotopic (exact) mass is 373 g/mol. The molecule has 7 heteroatoms. The maximum Gasteiger partial charge on any atom is 0.327 e. The Balaban J connectivity index is 1.50. The molecule has 1 saturated heterocycles. The highest BCUT2D eigenvalue weighted by molar-refractivity contribution is 5.94. The van der Waals surface area contributed by atoms with E-state index in [-0.39, 0.29) is 17.6 Å². The first-order valence-corrected chi connectivity index (χ1v) is 10.7. The number of fused-ring (bicyclic) bond motifs is 5. The Labute approximate surface area is 160 Å². The third-order valence-corrected chi connectivity index (χ3v) is 7.47. The van der Waals surface area contributed by atoms with Gasteiger partial charge in [-0.3, -0.25) is 9.80 Å². The molecule has 6 aliphatic rings. The van der Waals surface area contributed by atoms with Gasteiger partial charge in [0.15, 0.2) is 6.17 Å². The van der Waals surface area contributed by atoms with Gasteiger partial charge in [-0.25, -0.2) is 9.79 Å². The normalized spacial score (nSPS) is 40.0. The van der Waals surface area contributed by atoms with Gasteiger partial charge in [0, 0.05) is 24.5 Å². The van der Waals surface area contributed by atoms with Gasteiger partial charge in [-0.1, -0.05) is 13.8 Å². The van der Waals surface area contributed by atoms with Crippen LogP contribution in [0, 0.1) is 5.41 Å². The van der Waals surface area contributed by atoms with Crippen molar-refractivity contribution < 1.29 is 9.90 Å². The third kappa shape index (κ3) is 2.43. The summed E-state index contributed by atoms with van der Waals surface area (Å²) in [6.45, 7) is 5.72. The Morgan fingerprint density at radius 2 is 1.89 bits per heavy atom. The van der Waals surface area contributed by atoms with Crippen LogP contribution in [0.1, 0.15) is 65.2 Å². The van der Waals surface area contributed by atoms with Crippen LogP contribution in [-0.2, 0) is 0 Å². The first-order valence-electron chi connectivity index (χ1n) is 10.7. The molecule has 2 atom stereocenters. The van der Waals surface area contributed by atoms with Crippen molar-refractivity contribution in [1.82, 2.24) is 20.4 Å². The van der Waals surface area contributed by atoms with Crippen molar-refractivity contribution in [3.63, 3.8) is 0 Å². The quantitative estimate of drug-likeness (QED) is 0.705. The number of aliphatic hydroxyl groups is 1. The van der Waals surface area contributed by atoms with E-state index in [2.05, 4.69) is 24.5 Å². The second kappa shape index (κ2) is 5.87. The molecule has 2 unspecified atom stereocenters. The Morgan fingerprint density at radius 3 is 2.52 bits per heavy atom. The summed E-state index contributed by atoms with van der Waals surface area (Å²) >= 11 is 0. The number of nitrogens with one attached hydrogen (secondary N) is 2. The van der Waals surface area contributed by atoms with Crippen LogP contribution in [-0.4, -0.2) is 57.7 Å². The molecule has 0 aromatic heterocycles. The Morgan fingerprint density at radius 1 is 1.19 bits per heavy atom. The van der Waals surface area contributed by atoms with E-state index < -0.39 is 5.60 Å². The molecule has 3 heterocycles. The van der Waals surface area contributed by atoms with E-state index in [0.717, 1.165) is 81.8 Å². The van der Waals surface area contributed by atoms with E-state index in [4.69, 9.17) is 4.99 Å². The molecule has 2 bridgehead atoms. The van der Waals surface area contributed by atoms with Gasteiger partial charge >= 0.3 is 6.03 Å². The lowest BCUT2D eigenvalue weighted by atomic mass is 9.58. The highest BCUT2D eigenvalue weighted by atomic mass is 16.3. The topological polar surface area (TPSA) is 80.2 Å². The van der Waals surface area contributed by atoms with Gasteiger partial charge < -0.3 is 15.7 Å². The molecule has 3 aliphatic carbocycles. The summed E-state index contributed by atoms with van der Waals surface area (Å²) in [6, 6.07) is 0.386. The Bertz CT molecular complexity index is 705. The van der Waals surface area contributed by atoms with Crippen LogP contribution in [0.3, 0.4) is 0 Å². The zero-order valence-electron chi connectivity index (χ0n) is 16.4. The van der Waals surface area contributed by atoms with Crippen molar-refractivity contribution in [1.29, 1.82) is 0 Å². The second-order valence-electron chi connectivity index (χ2n) is 9.08. The maximum atomic E-state index is 13.1. The first kappa shape index (κ1) is 17.3. The van der Waals surface area contributed by atoms with Crippen LogP contribution >= 0.6 is 0 Å². The molecule has 2 amide bonds. The minimum Gasteiger partial charge on any atom is -0.390 e. The first-order chi connectivity index (χ1) is 13.0. The van der Waals surface area contributed by atoms with E-state index >= 15 is 0 Å². The number of amidine groups is 1. The van der Waals surface area contributed by atoms with Gasteiger partial charge in [-0.15, -0.1) is 0 Å². The molecule has 0 aromatic rings. The largest absolute Gasteiger partial charge is 0.390 e. The minimum atomic E-state index is -0.446. The van der Waals surface area contributed by atoms with Gasteiger partial charge in [0.2, 0.25) is 0 Å². The van der Waals surface area contributed by atoms with Crippen molar-refractivity contribution in [3.05, 3.63) is 11.5 Å². The summed E-state index contributed by atoms with van der Waals surface area (Å²) in [5.74, 6) is 1.98. The average Bonchev–Trinajstić information content (AvgIpc) is 3.31. The third-order valence-electron chi connectivity index (χ3n) is 7.47. The summed E-state index contributed by atoms with van der Waals surface area (Å²) in [5.41, 5.74) is 0.650. The van der Waals surface area contributed by atoms with Gasteiger partial charge in [0.05, 0.1) is 5.60 Å². The summed E-state index contributed by atoms with van der Waals surface area (Å²) in [7, 11) is 0. The lowest BCUT2D eigenvalue weighted by Gasteiger charge is -2.50. The second-order valence-corrected chi connectivity index (χ2v) is 9.08. The zero-order valence-corrected chi connectivity index (χ0v) is 16.4. The molecule has 7 nitrogen and oxygen atoms in total. The maximum absolute atomic E-state index is 13.1. The molecule has 3 N–H and O–H groups in total. The lowest BCUT2D eigenvalue weighted by molar-refractivity contribution is -0.0705. The van der Waals surface area contributed by atoms with Crippen molar-refractivity contribution in [2.45, 2.75) is 83.0 Å². The van der Waals surface area contributed by atoms with Crippen molar-refractivity contribution in [2.24, 2.45) is 10.4 Å². The highest BCUT2D eigenvalue weighted by Gasteiger charge is 2.54. The molecular weight excluding hydrogens is 342 g/mol. The molecule has 148 valence electrons. The summed E-state index contributed by atoms with van der Waals surface area (Å²) in [6.07, 6.45) is 7.25. The fraction of sp³-hybridized carbons (Fsp3) is 0.800. The molecule has 0 radical (unpaired) electrons. The lowest BCUT2D eigenvalue weighted by Crippen LogP contribution is -2.54. The highest BCUT2D eigenvalue weighted by Crippen LogP contribution is 2.53. The van der Waals surface area contributed by atoms with Crippen LogP contribution in [0.25, 0.3) is 0 Å². The molecule has 3 saturated carbocycles. The van der Waals surface area contributed by atoms with Gasteiger partial charge in [-0.05, 0) is 51.4 Å². The minimum absolute atomic E-state index is 0.0455. The van der Waals surface area contributed by atoms with Crippen molar-refractivity contribution in [3.8, 4) is 0 Å². The average molecular weight is 374 g/mol. The number of amides is 2. The van der Waals surface area contributed by atoms with E-state index in [1.165, 1.54) is 0 Å². The molecule has 4 fully saturated rings. The predicted molar refractivity (Wildman–Crippen MR) is 103 cm³/mol. The molecule has 0 aromatic carbocycles. The van der Waals surface area contributed by atoms with E-state index in [1.54, 1.807) is 0 Å². The molecule has 3 aliphatic heterocycles. The van der Waals surface area contributed by atoms with Gasteiger partial charge in [0.25, 0.3) is 0 Å². The SMILES string of the molecule is CCCN1C(=O)N2CC(CC)NC2=C2NC(C34CCC(O)(CC3)CC4)=NC21. The van der Waals surface area contributed by atoms with Gasteiger partial charge in [-0.2, -0.15) is 0 Å². The van der Waals surface area contributed by atoms with Crippen LogP contribution in [0.4, 0.5) is 4.79 Å². The van der Waals surface area contributed by atoms with Crippen molar-refractivity contribution in [2.75, 3.05) is 13.1 Å². The molecular formula is C20H31N5O2. The Hall–Kier alpha value is -1.76. The zero-order chi connectivity index (χ0) is 18.8. The van der Waals surface area contributed by atoms with Crippen LogP contribution < -0.4 is 10.6 Å².